The van der Waals surface area contributed by atoms with Crippen LogP contribution in [0.25, 0.3) is 0 Å². The van der Waals surface area contributed by atoms with Crippen LogP contribution in [0.5, 0.6) is 0 Å². The van der Waals surface area contributed by atoms with E-state index in [4.69, 9.17) is 9.47 Å². The summed E-state index contributed by atoms with van der Waals surface area (Å²) in [4.78, 5) is 0. The molecule has 1 unspecified atom stereocenters. The monoisotopic (exact) mass is 158 g/mol. The maximum atomic E-state index is 5.08. The fraction of sp³-hybridized carbons (Fsp3) is 0.778. The molecule has 0 amide bonds. The summed E-state index contributed by atoms with van der Waals surface area (Å²) in [5.74, 6) is 0. The van der Waals surface area contributed by atoms with Crippen LogP contribution in [-0.4, -0.2) is 13.4 Å². The molecule has 66 valence electrons. The van der Waals surface area contributed by atoms with Gasteiger partial charge in [-0.2, -0.15) is 0 Å². The number of unbranched alkanes of at least 4 members (excludes halogenated alkanes) is 2. The molecule has 0 heterocycles. The Bertz CT molecular complexity index is 91.6. The summed E-state index contributed by atoms with van der Waals surface area (Å²) in [7, 11) is 1.65. The van der Waals surface area contributed by atoms with Gasteiger partial charge in [0.25, 0.3) is 0 Å². The van der Waals surface area contributed by atoms with Crippen molar-refractivity contribution in [3.63, 3.8) is 0 Å². The summed E-state index contributed by atoms with van der Waals surface area (Å²) in [6.07, 6.45) is 5.91. The van der Waals surface area contributed by atoms with Crippen molar-refractivity contribution in [1.29, 1.82) is 0 Å². The summed E-state index contributed by atoms with van der Waals surface area (Å²) in [5.41, 5.74) is 0. The predicted molar refractivity (Wildman–Crippen MR) is 46.2 cm³/mol. The number of methoxy groups -OCH3 is 1. The van der Waals surface area contributed by atoms with Crippen LogP contribution in [0, 0.1) is 0 Å². The second-order valence-corrected chi connectivity index (χ2v) is 2.46. The highest BCUT2D eigenvalue weighted by molar-refractivity contribution is 4.53. The van der Waals surface area contributed by atoms with Crippen molar-refractivity contribution >= 4 is 0 Å². The molecule has 1 atom stereocenters. The smallest absolute Gasteiger partial charge is 0.198 e. The van der Waals surface area contributed by atoms with Crippen molar-refractivity contribution in [1.82, 2.24) is 0 Å². The van der Waals surface area contributed by atoms with Gasteiger partial charge in [0, 0.05) is 13.5 Å². The predicted octanol–water partition coefficient (Wildman–Crippen LogP) is 2.70. The Morgan fingerprint density at radius 3 is 2.64 bits per heavy atom. The molecule has 2 heteroatoms. The van der Waals surface area contributed by atoms with E-state index in [2.05, 4.69) is 13.5 Å². The Morgan fingerprint density at radius 1 is 1.45 bits per heavy atom. The highest BCUT2D eigenvalue weighted by atomic mass is 16.7. The van der Waals surface area contributed by atoms with E-state index < -0.39 is 0 Å². The molecule has 0 aliphatic rings. The normalized spacial score (nSPS) is 12.5. The van der Waals surface area contributed by atoms with Gasteiger partial charge in [0.2, 0.25) is 0 Å². The van der Waals surface area contributed by atoms with Gasteiger partial charge in [-0.15, -0.1) is 0 Å². The van der Waals surface area contributed by atoms with Gasteiger partial charge in [0.1, 0.15) is 0 Å². The van der Waals surface area contributed by atoms with Gasteiger partial charge in [-0.3, -0.25) is 0 Å². The first-order valence-corrected chi connectivity index (χ1v) is 4.14. The molecule has 0 aromatic rings. The Balaban J connectivity index is 3.27. The van der Waals surface area contributed by atoms with Gasteiger partial charge in [-0.1, -0.05) is 26.3 Å². The Labute approximate surface area is 69.2 Å². The Hall–Kier alpha value is -0.500. The highest BCUT2D eigenvalue weighted by Crippen LogP contribution is 2.06. The third kappa shape index (κ3) is 5.92. The largest absolute Gasteiger partial charge is 0.473 e. The SMILES string of the molecule is C=COC(CCCCC)OC. The van der Waals surface area contributed by atoms with Crippen molar-refractivity contribution in [2.75, 3.05) is 7.11 Å². The van der Waals surface area contributed by atoms with Gasteiger partial charge in [-0.25, -0.2) is 0 Å². The lowest BCUT2D eigenvalue weighted by Gasteiger charge is -2.13. The highest BCUT2D eigenvalue weighted by Gasteiger charge is 2.03. The standard InChI is InChI=1S/C9H18O2/c1-4-6-7-8-9(10-3)11-5-2/h5,9H,2,4,6-8H2,1,3H3. The molecule has 0 radical (unpaired) electrons. The minimum absolute atomic E-state index is 0.0981. The zero-order chi connectivity index (χ0) is 8.53. The third-order valence-corrected chi connectivity index (χ3v) is 1.55. The third-order valence-electron chi connectivity index (χ3n) is 1.55. The number of ether oxygens (including phenoxy) is 2. The van der Waals surface area contributed by atoms with Crippen LogP contribution in [0.3, 0.4) is 0 Å². The van der Waals surface area contributed by atoms with Crippen LogP contribution in [-0.2, 0) is 9.47 Å². The van der Waals surface area contributed by atoms with Crippen LogP contribution < -0.4 is 0 Å². The molecule has 2 nitrogen and oxygen atoms in total. The molecule has 0 saturated heterocycles. The van der Waals surface area contributed by atoms with E-state index in [1.54, 1.807) is 7.11 Å². The fourth-order valence-electron chi connectivity index (χ4n) is 0.910. The van der Waals surface area contributed by atoms with Crippen molar-refractivity contribution in [3.05, 3.63) is 12.8 Å². The number of hydrogen-bond acceptors (Lipinski definition) is 2. The van der Waals surface area contributed by atoms with Gasteiger partial charge >= 0.3 is 0 Å². The lowest BCUT2D eigenvalue weighted by Crippen LogP contribution is -2.11. The first kappa shape index (κ1) is 10.5. The minimum Gasteiger partial charge on any atom is -0.473 e. The number of hydrogen-bond donors (Lipinski definition) is 0. The maximum Gasteiger partial charge on any atom is 0.198 e. The molecule has 0 N–H and O–H groups in total. The van der Waals surface area contributed by atoms with Gasteiger partial charge < -0.3 is 9.47 Å². The lowest BCUT2D eigenvalue weighted by atomic mass is 10.2. The van der Waals surface area contributed by atoms with Crippen LogP contribution in [0.4, 0.5) is 0 Å². The van der Waals surface area contributed by atoms with E-state index in [1.807, 2.05) is 0 Å². The van der Waals surface area contributed by atoms with E-state index in [0.29, 0.717) is 0 Å². The van der Waals surface area contributed by atoms with Crippen molar-refractivity contribution in [2.45, 2.75) is 38.9 Å². The summed E-state index contributed by atoms with van der Waals surface area (Å²) in [6, 6.07) is 0. The van der Waals surface area contributed by atoms with E-state index in [0.717, 1.165) is 12.8 Å². The quantitative estimate of drug-likeness (QED) is 0.322. The van der Waals surface area contributed by atoms with Crippen molar-refractivity contribution in [2.24, 2.45) is 0 Å². The average Bonchev–Trinajstić information content (AvgIpc) is 2.03. The van der Waals surface area contributed by atoms with Crippen LogP contribution in [0.15, 0.2) is 12.8 Å². The Kier molecular flexibility index (Phi) is 7.26. The summed E-state index contributed by atoms with van der Waals surface area (Å²) < 4.78 is 10.1. The molecule has 0 fully saturated rings. The molecule has 0 aliphatic heterocycles. The second-order valence-electron chi connectivity index (χ2n) is 2.46. The van der Waals surface area contributed by atoms with E-state index in [9.17, 15) is 0 Å². The molecule has 0 spiro atoms. The first-order chi connectivity index (χ1) is 5.35. The van der Waals surface area contributed by atoms with Crippen molar-refractivity contribution in [3.8, 4) is 0 Å². The van der Waals surface area contributed by atoms with E-state index in [-0.39, 0.29) is 6.29 Å². The van der Waals surface area contributed by atoms with Crippen LogP contribution in [0.1, 0.15) is 32.6 Å². The number of rotatable bonds is 7. The van der Waals surface area contributed by atoms with E-state index in [1.165, 1.54) is 19.1 Å². The van der Waals surface area contributed by atoms with Crippen LogP contribution >= 0.6 is 0 Å². The minimum atomic E-state index is -0.0981. The van der Waals surface area contributed by atoms with Crippen LogP contribution in [0.2, 0.25) is 0 Å². The summed E-state index contributed by atoms with van der Waals surface area (Å²) in [6.45, 7) is 5.65. The molecular formula is C9H18O2. The maximum absolute atomic E-state index is 5.08. The fourth-order valence-corrected chi connectivity index (χ4v) is 0.910. The molecule has 0 saturated carbocycles. The molecule has 11 heavy (non-hydrogen) atoms. The zero-order valence-electron chi connectivity index (χ0n) is 7.51. The average molecular weight is 158 g/mol. The topological polar surface area (TPSA) is 18.5 Å². The first-order valence-electron chi connectivity index (χ1n) is 4.14. The molecule has 0 rings (SSSR count). The van der Waals surface area contributed by atoms with Gasteiger partial charge in [0.15, 0.2) is 6.29 Å². The lowest BCUT2D eigenvalue weighted by molar-refractivity contribution is -0.0874. The molecular weight excluding hydrogens is 140 g/mol. The Morgan fingerprint density at radius 2 is 2.18 bits per heavy atom. The van der Waals surface area contributed by atoms with E-state index >= 15 is 0 Å². The van der Waals surface area contributed by atoms with Gasteiger partial charge in [0.05, 0.1) is 6.26 Å². The molecule has 0 aliphatic carbocycles. The van der Waals surface area contributed by atoms with Gasteiger partial charge in [-0.05, 0) is 6.42 Å². The summed E-state index contributed by atoms with van der Waals surface area (Å²) in [5, 5.41) is 0. The molecule has 0 bridgehead atoms. The van der Waals surface area contributed by atoms with Crippen molar-refractivity contribution < 1.29 is 9.47 Å². The molecule has 0 aromatic heterocycles. The summed E-state index contributed by atoms with van der Waals surface area (Å²) >= 11 is 0. The zero-order valence-corrected chi connectivity index (χ0v) is 7.51. The molecule has 0 aromatic carbocycles. The second kappa shape index (κ2) is 7.61.